The molecule has 0 aliphatic carbocycles. The van der Waals surface area contributed by atoms with Crippen LogP contribution >= 0.6 is 0 Å². The molecule has 1 aliphatic rings. The van der Waals surface area contributed by atoms with Gasteiger partial charge in [-0.25, -0.2) is 0 Å². The first-order valence-corrected chi connectivity index (χ1v) is 11.6. The van der Waals surface area contributed by atoms with Crippen LogP contribution in [0.3, 0.4) is 0 Å². The maximum Gasteiger partial charge on any atom is 0.536 e. The highest BCUT2D eigenvalue weighted by Gasteiger charge is 2.43. The van der Waals surface area contributed by atoms with Crippen molar-refractivity contribution in [1.29, 1.82) is 0 Å². The summed E-state index contributed by atoms with van der Waals surface area (Å²) < 4.78 is 28.7. The molecule has 1 aromatic rings. The lowest BCUT2D eigenvalue weighted by Crippen LogP contribution is -2.55. The van der Waals surface area contributed by atoms with Crippen LogP contribution in [0.15, 0.2) is 18.2 Å². The summed E-state index contributed by atoms with van der Waals surface area (Å²) in [6.07, 6.45) is 0.920. The lowest BCUT2D eigenvalue weighted by atomic mass is 10.2. The zero-order valence-electron chi connectivity index (χ0n) is 13.7. The van der Waals surface area contributed by atoms with Gasteiger partial charge < -0.3 is 27.9 Å². The summed E-state index contributed by atoms with van der Waals surface area (Å²) >= 11 is 0. The summed E-state index contributed by atoms with van der Waals surface area (Å²) in [4.78, 5) is 0. The quantitative estimate of drug-likeness (QED) is 0.748. The van der Waals surface area contributed by atoms with Crippen LogP contribution in [-0.4, -0.2) is 45.2 Å². The minimum atomic E-state index is -2.83. The molecule has 6 nitrogen and oxygen atoms in total. The van der Waals surface area contributed by atoms with Gasteiger partial charge in [0.05, 0.1) is 6.61 Å². The van der Waals surface area contributed by atoms with Gasteiger partial charge in [-0.15, -0.1) is 0 Å². The van der Waals surface area contributed by atoms with Gasteiger partial charge >= 0.3 is 17.4 Å². The molecule has 1 heterocycles. The average Bonchev–Trinajstić information content (AvgIpc) is 2.55. The van der Waals surface area contributed by atoms with E-state index in [4.69, 9.17) is 27.9 Å². The predicted molar refractivity (Wildman–Crippen MR) is 88.4 cm³/mol. The van der Waals surface area contributed by atoms with Crippen LogP contribution in [0.4, 0.5) is 0 Å². The van der Waals surface area contributed by atoms with Crippen molar-refractivity contribution in [3.05, 3.63) is 23.8 Å². The van der Waals surface area contributed by atoms with Crippen molar-refractivity contribution in [2.24, 2.45) is 5.73 Å². The van der Waals surface area contributed by atoms with Crippen LogP contribution in [0, 0.1) is 0 Å². The van der Waals surface area contributed by atoms with Gasteiger partial charge in [0.25, 0.3) is 0 Å². The third-order valence-electron chi connectivity index (χ3n) is 3.91. The lowest BCUT2D eigenvalue weighted by molar-refractivity contribution is 0.140. The second-order valence-electron chi connectivity index (χ2n) is 5.41. The van der Waals surface area contributed by atoms with E-state index in [2.05, 4.69) is 6.55 Å². The highest BCUT2D eigenvalue weighted by Crippen LogP contribution is 2.31. The standard InChI is InChI=1S/C14H25NO5Si2/c1-16-22(17-2,18-3)13-6-7-14-12(10-13)11-19-21(4,20-14)9-5-8-15/h6-7,10H,5,8-9,11,15H2,1-4H3. The minimum Gasteiger partial charge on any atom is -0.520 e. The van der Waals surface area contributed by atoms with Gasteiger partial charge in [-0.1, -0.05) is 6.07 Å². The minimum absolute atomic E-state index is 0.540. The Bertz CT molecular complexity index is 504. The van der Waals surface area contributed by atoms with Gasteiger partial charge in [0.2, 0.25) is 0 Å². The topological polar surface area (TPSA) is 72.2 Å². The van der Waals surface area contributed by atoms with Gasteiger partial charge in [0.15, 0.2) is 0 Å². The van der Waals surface area contributed by atoms with Crippen LogP contribution in [0.25, 0.3) is 0 Å². The fourth-order valence-corrected chi connectivity index (χ4v) is 6.75. The molecule has 1 atom stereocenters. The van der Waals surface area contributed by atoms with Gasteiger partial charge in [-0.05, 0) is 31.6 Å². The Morgan fingerprint density at radius 2 is 1.91 bits per heavy atom. The Morgan fingerprint density at radius 1 is 1.23 bits per heavy atom. The van der Waals surface area contributed by atoms with Crippen molar-refractivity contribution in [2.45, 2.75) is 25.6 Å². The number of hydrogen-bond donors (Lipinski definition) is 1. The zero-order chi connectivity index (χ0) is 16.2. The Morgan fingerprint density at radius 3 is 2.50 bits per heavy atom. The molecule has 1 aliphatic heterocycles. The molecule has 0 saturated heterocycles. The SMILES string of the molecule is CO[Si](OC)(OC)c1ccc2c(c1)CO[Si](C)(CCCN)O2. The number of hydrogen-bond acceptors (Lipinski definition) is 6. The van der Waals surface area contributed by atoms with E-state index in [1.807, 2.05) is 18.2 Å². The fourth-order valence-electron chi connectivity index (χ4n) is 2.62. The third-order valence-corrected chi connectivity index (χ3v) is 9.21. The molecule has 124 valence electrons. The molecule has 0 aromatic heterocycles. The van der Waals surface area contributed by atoms with Crippen molar-refractivity contribution in [2.75, 3.05) is 27.9 Å². The summed E-state index contributed by atoms with van der Waals surface area (Å²) in [6, 6.07) is 6.80. The molecular formula is C14H25NO5Si2. The summed E-state index contributed by atoms with van der Waals surface area (Å²) in [7, 11) is -0.186. The molecule has 2 rings (SSSR count). The monoisotopic (exact) mass is 343 g/mol. The van der Waals surface area contributed by atoms with Crippen LogP contribution in [-0.2, 0) is 24.3 Å². The smallest absolute Gasteiger partial charge is 0.520 e. The maximum absolute atomic E-state index is 6.14. The Hall–Kier alpha value is -0.746. The van der Waals surface area contributed by atoms with Crippen molar-refractivity contribution < 1.29 is 22.1 Å². The molecule has 1 unspecified atom stereocenters. The molecule has 0 amide bonds. The first-order valence-electron chi connectivity index (χ1n) is 7.34. The number of benzene rings is 1. The fraction of sp³-hybridized carbons (Fsp3) is 0.571. The molecule has 0 fully saturated rings. The Balaban J connectivity index is 2.24. The van der Waals surface area contributed by atoms with E-state index in [9.17, 15) is 0 Å². The average molecular weight is 344 g/mol. The number of rotatable bonds is 7. The molecule has 0 spiro atoms. The van der Waals surface area contributed by atoms with E-state index in [0.29, 0.717) is 13.2 Å². The van der Waals surface area contributed by atoms with E-state index in [0.717, 1.165) is 29.0 Å². The zero-order valence-corrected chi connectivity index (χ0v) is 15.7. The largest absolute Gasteiger partial charge is 0.536 e. The molecule has 1 aromatic carbocycles. The Kier molecular flexibility index (Phi) is 5.78. The maximum atomic E-state index is 6.14. The number of nitrogens with two attached hydrogens (primary N) is 1. The van der Waals surface area contributed by atoms with Crippen LogP contribution in [0.2, 0.25) is 12.6 Å². The molecule has 22 heavy (non-hydrogen) atoms. The summed E-state index contributed by atoms with van der Waals surface area (Å²) in [5.41, 5.74) is 6.59. The third kappa shape index (κ3) is 3.43. The first-order chi connectivity index (χ1) is 10.5. The van der Waals surface area contributed by atoms with Gasteiger partial charge in [0.1, 0.15) is 5.75 Å². The van der Waals surface area contributed by atoms with E-state index >= 15 is 0 Å². The Labute approximate surface area is 134 Å². The van der Waals surface area contributed by atoms with Gasteiger partial charge in [0, 0.05) is 38.1 Å². The molecule has 2 N–H and O–H groups in total. The van der Waals surface area contributed by atoms with E-state index in [1.165, 1.54) is 0 Å². The molecule has 8 heteroatoms. The lowest BCUT2D eigenvalue weighted by Gasteiger charge is -2.34. The van der Waals surface area contributed by atoms with Crippen molar-refractivity contribution in [1.82, 2.24) is 0 Å². The van der Waals surface area contributed by atoms with Crippen molar-refractivity contribution >= 4 is 22.6 Å². The van der Waals surface area contributed by atoms with E-state index < -0.39 is 17.4 Å². The van der Waals surface area contributed by atoms with Gasteiger partial charge in [-0.3, -0.25) is 0 Å². The van der Waals surface area contributed by atoms with Crippen LogP contribution < -0.4 is 15.3 Å². The number of fused-ring (bicyclic) bond motifs is 1. The van der Waals surface area contributed by atoms with Crippen molar-refractivity contribution in [3.63, 3.8) is 0 Å². The molecule has 0 radical (unpaired) electrons. The molecule has 0 bridgehead atoms. The first kappa shape index (κ1) is 17.6. The molecule has 0 saturated carbocycles. The second kappa shape index (κ2) is 7.22. The van der Waals surface area contributed by atoms with Crippen LogP contribution in [0.1, 0.15) is 12.0 Å². The summed E-state index contributed by atoms with van der Waals surface area (Å²) in [6.45, 7) is 3.28. The van der Waals surface area contributed by atoms with Crippen LogP contribution in [0.5, 0.6) is 5.75 Å². The summed E-state index contributed by atoms with van der Waals surface area (Å²) in [5, 5.41) is 0.901. The van der Waals surface area contributed by atoms with Gasteiger partial charge in [-0.2, -0.15) is 0 Å². The highest BCUT2D eigenvalue weighted by molar-refractivity contribution is 6.75. The normalized spacial score (nSPS) is 21.3. The second-order valence-corrected chi connectivity index (χ2v) is 11.6. The predicted octanol–water partition coefficient (Wildman–Crippen LogP) is 1.10. The van der Waals surface area contributed by atoms with E-state index in [-0.39, 0.29) is 0 Å². The van der Waals surface area contributed by atoms with E-state index in [1.54, 1.807) is 21.3 Å². The van der Waals surface area contributed by atoms with Crippen molar-refractivity contribution in [3.8, 4) is 5.75 Å². The molecular weight excluding hydrogens is 318 g/mol. The summed E-state index contributed by atoms with van der Waals surface area (Å²) in [5.74, 6) is 0.882. The highest BCUT2D eigenvalue weighted by atomic mass is 28.4.